The zero-order valence-corrected chi connectivity index (χ0v) is 17.4. The van der Waals surface area contributed by atoms with Crippen LogP contribution in [-0.2, 0) is 9.47 Å². The van der Waals surface area contributed by atoms with Crippen molar-refractivity contribution >= 4 is 0 Å². The molecule has 26 heavy (non-hydrogen) atoms. The Kier molecular flexibility index (Phi) is 11.2. The van der Waals surface area contributed by atoms with E-state index in [9.17, 15) is 5.11 Å². The van der Waals surface area contributed by atoms with Gasteiger partial charge in [0.1, 0.15) is 6.10 Å². The number of aliphatic hydroxyl groups is 1. The smallest absolute Gasteiger partial charge is 0.169 e. The summed E-state index contributed by atoms with van der Waals surface area (Å²) in [6.07, 6.45) is 22.4. The Morgan fingerprint density at radius 3 is 1.92 bits per heavy atom. The maximum absolute atomic E-state index is 10.4. The molecule has 1 saturated carbocycles. The highest BCUT2D eigenvalue weighted by molar-refractivity contribution is 4.85. The summed E-state index contributed by atoms with van der Waals surface area (Å²) in [5, 5.41) is 10.4. The second kappa shape index (κ2) is 13.1. The van der Waals surface area contributed by atoms with E-state index in [4.69, 9.17) is 9.47 Å². The molecule has 0 radical (unpaired) electrons. The number of hydrogen-bond donors (Lipinski definition) is 1. The molecular weight excluding hydrogens is 324 g/mol. The summed E-state index contributed by atoms with van der Waals surface area (Å²) in [6.45, 7) is 2.86. The lowest BCUT2D eigenvalue weighted by Crippen LogP contribution is -2.36. The predicted molar refractivity (Wildman–Crippen MR) is 108 cm³/mol. The number of aliphatic hydroxyl groups excluding tert-OH is 1. The maximum atomic E-state index is 10.4. The molecule has 2 aliphatic rings. The van der Waals surface area contributed by atoms with Crippen LogP contribution < -0.4 is 0 Å². The van der Waals surface area contributed by atoms with Gasteiger partial charge in [0.25, 0.3) is 0 Å². The van der Waals surface area contributed by atoms with Crippen LogP contribution in [0.5, 0.6) is 0 Å². The average Bonchev–Trinajstić information content (AvgIpc) is 3.06. The van der Waals surface area contributed by atoms with Crippen LogP contribution >= 0.6 is 0 Å². The van der Waals surface area contributed by atoms with Gasteiger partial charge in [-0.25, -0.2) is 0 Å². The van der Waals surface area contributed by atoms with Crippen molar-refractivity contribution in [2.45, 2.75) is 140 Å². The van der Waals surface area contributed by atoms with Crippen molar-refractivity contribution in [2.75, 3.05) is 6.61 Å². The fraction of sp³-hybridized carbons (Fsp3) is 1.00. The molecular formula is C23H44O3. The van der Waals surface area contributed by atoms with Crippen molar-refractivity contribution in [1.82, 2.24) is 0 Å². The molecule has 1 heterocycles. The van der Waals surface area contributed by atoms with Gasteiger partial charge in [0.05, 0.1) is 12.7 Å². The minimum Gasteiger partial charge on any atom is -0.390 e. The molecule has 1 saturated heterocycles. The van der Waals surface area contributed by atoms with Crippen LogP contribution in [0, 0.1) is 0 Å². The highest BCUT2D eigenvalue weighted by Gasteiger charge is 2.44. The third kappa shape index (κ3) is 8.27. The number of unbranched alkanes of at least 4 members (excludes halogenated alkanes) is 11. The zero-order valence-electron chi connectivity index (χ0n) is 17.4. The third-order valence-corrected chi connectivity index (χ3v) is 6.27. The normalized spacial score (nSPS) is 23.5. The SMILES string of the molecule is CCCCCCCCCCCCCC[C@H](O)[C@H]1COC2(CCCCC2)O1. The molecule has 0 unspecified atom stereocenters. The maximum Gasteiger partial charge on any atom is 0.169 e. The molecule has 0 bridgehead atoms. The summed E-state index contributed by atoms with van der Waals surface area (Å²) in [4.78, 5) is 0. The van der Waals surface area contributed by atoms with Crippen molar-refractivity contribution in [1.29, 1.82) is 0 Å². The molecule has 0 aromatic heterocycles. The van der Waals surface area contributed by atoms with Gasteiger partial charge in [0.2, 0.25) is 0 Å². The Morgan fingerprint density at radius 1 is 0.808 bits per heavy atom. The molecule has 0 amide bonds. The van der Waals surface area contributed by atoms with Gasteiger partial charge in [-0.2, -0.15) is 0 Å². The Hall–Kier alpha value is -0.120. The first-order chi connectivity index (χ1) is 12.8. The zero-order chi connectivity index (χ0) is 18.5. The van der Waals surface area contributed by atoms with E-state index in [0.29, 0.717) is 6.61 Å². The van der Waals surface area contributed by atoms with Crippen molar-refractivity contribution in [3.63, 3.8) is 0 Å². The minimum absolute atomic E-state index is 0.0965. The molecule has 0 aromatic rings. The molecule has 1 aliphatic carbocycles. The molecule has 3 heteroatoms. The summed E-state index contributed by atoms with van der Waals surface area (Å²) in [5.41, 5.74) is 0. The third-order valence-electron chi connectivity index (χ3n) is 6.27. The molecule has 1 aliphatic heterocycles. The van der Waals surface area contributed by atoms with Gasteiger partial charge in [0, 0.05) is 12.8 Å². The van der Waals surface area contributed by atoms with Crippen molar-refractivity contribution in [3.8, 4) is 0 Å². The second-order valence-corrected chi connectivity index (χ2v) is 8.68. The molecule has 1 N–H and O–H groups in total. The minimum atomic E-state index is -0.348. The first kappa shape index (κ1) is 22.2. The van der Waals surface area contributed by atoms with Crippen LogP contribution in [0.2, 0.25) is 0 Å². The topological polar surface area (TPSA) is 38.7 Å². The number of ether oxygens (including phenoxy) is 2. The lowest BCUT2D eigenvalue weighted by atomic mass is 9.94. The van der Waals surface area contributed by atoms with E-state index >= 15 is 0 Å². The molecule has 2 rings (SSSR count). The van der Waals surface area contributed by atoms with E-state index in [-0.39, 0.29) is 18.0 Å². The van der Waals surface area contributed by atoms with E-state index in [1.807, 2.05) is 0 Å². The van der Waals surface area contributed by atoms with E-state index in [0.717, 1.165) is 25.7 Å². The molecule has 154 valence electrons. The summed E-state index contributed by atoms with van der Waals surface area (Å²) < 4.78 is 12.1. The monoisotopic (exact) mass is 368 g/mol. The summed E-state index contributed by atoms with van der Waals surface area (Å²) in [7, 11) is 0. The lowest BCUT2D eigenvalue weighted by molar-refractivity contribution is -0.195. The Bertz CT molecular complexity index is 338. The first-order valence-electron chi connectivity index (χ1n) is 11.8. The molecule has 2 fully saturated rings. The van der Waals surface area contributed by atoms with Gasteiger partial charge in [-0.3, -0.25) is 0 Å². The fourth-order valence-corrected chi connectivity index (χ4v) is 4.50. The van der Waals surface area contributed by atoms with Crippen LogP contribution in [-0.4, -0.2) is 29.7 Å². The Morgan fingerprint density at radius 2 is 1.35 bits per heavy atom. The van der Waals surface area contributed by atoms with Gasteiger partial charge in [0.15, 0.2) is 5.79 Å². The van der Waals surface area contributed by atoms with Crippen LogP contribution in [0.4, 0.5) is 0 Å². The van der Waals surface area contributed by atoms with Crippen LogP contribution in [0.3, 0.4) is 0 Å². The largest absolute Gasteiger partial charge is 0.390 e. The van der Waals surface area contributed by atoms with E-state index < -0.39 is 0 Å². The predicted octanol–water partition coefficient (Wildman–Crippen LogP) is 6.51. The van der Waals surface area contributed by atoms with Crippen LogP contribution in [0.15, 0.2) is 0 Å². The molecule has 0 aromatic carbocycles. The lowest BCUT2D eigenvalue weighted by Gasteiger charge is -2.32. The molecule has 3 nitrogen and oxygen atoms in total. The Labute approximate surface area is 162 Å². The van der Waals surface area contributed by atoms with E-state index in [2.05, 4.69) is 6.92 Å². The average molecular weight is 369 g/mol. The highest BCUT2D eigenvalue weighted by atomic mass is 16.7. The van der Waals surface area contributed by atoms with Crippen molar-refractivity contribution in [2.24, 2.45) is 0 Å². The van der Waals surface area contributed by atoms with Gasteiger partial charge in [-0.15, -0.1) is 0 Å². The van der Waals surface area contributed by atoms with Crippen LogP contribution in [0.25, 0.3) is 0 Å². The number of hydrogen-bond acceptors (Lipinski definition) is 3. The highest BCUT2D eigenvalue weighted by Crippen LogP contribution is 2.38. The van der Waals surface area contributed by atoms with Crippen molar-refractivity contribution < 1.29 is 14.6 Å². The van der Waals surface area contributed by atoms with E-state index in [1.54, 1.807) is 0 Å². The van der Waals surface area contributed by atoms with Crippen molar-refractivity contribution in [3.05, 3.63) is 0 Å². The quantitative estimate of drug-likeness (QED) is 0.355. The molecule has 1 spiro atoms. The van der Waals surface area contributed by atoms with Gasteiger partial charge < -0.3 is 14.6 Å². The molecule has 2 atom stereocenters. The summed E-state index contributed by atoms with van der Waals surface area (Å²) >= 11 is 0. The second-order valence-electron chi connectivity index (χ2n) is 8.68. The van der Waals surface area contributed by atoms with Gasteiger partial charge in [-0.05, 0) is 19.3 Å². The van der Waals surface area contributed by atoms with E-state index in [1.165, 1.54) is 89.9 Å². The summed E-state index contributed by atoms with van der Waals surface area (Å²) in [5.74, 6) is -0.347. The number of rotatable bonds is 14. The van der Waals surface area contributed by atoms with Gasteiger partial charge in [-0.1, -0.05) is 90.4 Å². The van der Waals surface area contributed by atoms with Crippen LogP contribution in [0.1, 0.15) is 122 Å². The first-order valence-corrected chi connectivity index (χ1v) is 11.8. The van der Waals surface area contributed by atoms with Gasteiger partial charge >= 0.3 is 0 Å². The Balaban J connectivity index is 1.39. The summed E-state index contributed by atoms with van der Waals surface area (Å²) in [6, 6.07) is 0. The fourth-order valence-electron chi connectivity index (χ4n) is 4.50. The standard InChI is InChI=1S/C23H44O3/c1-2-3-4-5-6-7-8-9-10-11-12-14-17-21(24)22-20-25-23(26-22)18-15-13-16-19-23/h21-22,24H,2-20H2,1H3/t21-,22+/m0/s1.